The van der Waals surface area contributed by atoms with Crippen molar-refractivity contribution in [3.63, 3.8) is 0 Å². The number of hydrogen-bond donors (Lipinski definition) is 0. The lowest BCUT2D eigenvalue weighted by Crippen LogP contribution is -2.34. The normalized spacial score (nSPS) is 17.7. The fourth-order valence-electron chi connectivity index (χ4n) is 2.93. The zero-order chi connectivity index (χ0) is 13.5. The smallest absolute Gasteiger partial charge is 0.172 e. The van der Waals surface area contributed by atoms with Crippen molar-refractivity contribution < 1.29 is 4.79 Å². The minimum absolute atomic E-state index is 0.316. The van der Waals surface area contributed by atoms with Gasteiger partial charge in [0, 0.05) is 6.42 Å². The first-order valence-corrected chi connectivity index (χ1v) is 8.46. The number of hydrogen-bond acceptors (Lipinski definition) is 3. The molecule has 1 fully saturated rings. The monoisotopic (exact) mass is 279 g/mol. The Kier molecular flexibility index (Phi) is 6.05. The summed E-state index contributed by atoms with van der Waals surface area (Å²) in [7, 11) is 0. The third-order valence-corrected chi connectivity index (χ3v) is 4.99. The summed E-state index contributed by atoms with van der Waals surface area (Å²) in [5.41, 5.74) is 0. The summed E-state index contributed by atoms with van der Waals surface area (Å²) in [6, 6.07) is 3.89. The van der Waals surface area contributed by atoms with Crippen molar-refractivity contribution in [2.24, 2.45) is 5.92 Å². The Morgan fingerprint density at radius 1 is 1.42 bits per heavy atom. The van der Waals surface area contributed by atoms with Gasteiger partial charge in [-0.25, -0.2) is 0 Å². The van der Waals surface area contributed by atoms with E-state index in [9.17, 15) is 4.79 Å². The van der Waals surface area contributed by atoms with E-state index in [0.29, 0.717) is 12.2 Å². The zero-order valence-corrected chi connectivity index (χ0v) is 12.8. The molecule has 1 aromatic rings. The highest BCUT2D eigenvalue weighted by Crippen LogP contribution is 2.22. The average Bonchev–Trinajstić information content (AvgIpc) is 2.95. The SMILES string of the molecule is CCCC1CCN(CCCC(=O)c2cccs2)CC1. The van der Waals surface area contributed by atoms with Crippen molar-refractivity contribution in [2.45, 2.75) is 45.4 Å². The molecule has 0 saturated carbocycles. The van der Waals surface area contributed by atoms with E-state index in [2.05, 4.69) is 11.8 Å². The fraction of sp³-hybridized carbons (Fsp3) is 0.688. The van der Waals surface area contributed by atoms with Gasteiger partial charge in [0.25, 0.3) is 0 Å². The van der Waals surface area contributed by atoms with Crippen LogP contribution in [0.2, 0.25) is 0 Å². The molecule has 0 spiro atoms. The van der Waals surface area contributed by atoms with Crippen molar-refractivity contribution in [1.82, 2.24) is 4.90 Å². The topological polar surface area (TPSA) is 20.3 Å². The second-order valence-corrected chi connectivity index (χ2v) is 6.53. The molecule has 106 valence electrons. The molecule has 2 nitrogen and oxygen atoms in total. The summed E-state index contributed by atoms with van der Waals surface area (Å²) in [6.45, 7) is 5.84. The number of ketones is 1. The van der Waals surface area contributed by atoms with Gasteiger partial charge >= 0.3 is 0 Å². The number of likely N-dealkylation sites (tertiary alicyclic amines) is 1. The van der Waals surface area contributed by atoms with Crippen LogP contribution in [-0.4, -0.2) is 30.3 Å². The molecule has 2 rings (SSSR count). The van der Waals surface area contributed by atoms with Crippen LogP contribution in [-0.2, 0) is 0 Å². The Bertz CT molecular complexity index is 366. The van der Waals surface area contributed by atoms with E-state index >= 15 is 0 Å². The quantitative estimate of drug-likeness (QED) is 0.696. The van der Waals surface area contributed by atoms with E-state index in [1.54, 1.807) is 11.3 Å². The molecule has 0 atom stereocenters. The molecule has 1 saturated heterocycles. The van der Waals surface area contributed by atoms with Gasteiger partial charge in [0.15, 0.2) is 5.78 Å². The van der Waals surface area contributed by atoms with Crippen molar-refractivity contribution in [2.75, 3.05) is 19.6 Å². The maximum absolute atomic E-state index is 11.9. The summed E-state index contributed by atoms with van der Waals surface area (Å²) in [4.78, 5) is 15.3. The van der Waals surface area contributed by atoms with Gasteiger partial charge in [-0.1, -0.05) is 25.8 Å². The van der Waals surface area contributed by atoms with E-state index in [4.69, 9.17) is 0 Å². The van der Waals surface area contributed by atoms with Crippen molar-refractivity contribution in [1.29, 1.82) is 0 Å². The molecule has 0 N–H and O–H groups in total. The Morgan fingerprint density at radius 2 is 2.21 bits per heavy atom. The van der Waals surface area contributed by atoms with Crippen LogP contribution in [0.15, 0.2) is 17.5 Å². The lowest BCUT2D eigenvalue weighted by molar-refractivity contribution is 0.0974. The Hall–Kier alpha value is -0.670. The second-order valence-electron chi connectivity index (χ2n) is 5.58. The molecule has 1 aromatic heterocycles. The number of piperidine rings is 1. The van der Waals surface area contributed by atoms with Gasteiger partial charge in [-0.3, -0.25) is 4.79 Å². The zero-order valence-electron chi connectivity index (χ0n) is 11.9. The van der Waals surface area contributed by atoms with Crippen LogP contribution in [0.3, 0.4) is 0 Å². The van der Waals surface area contributed by atoms with E-state index in [1.807, 2.05) is 17.5 Å². The lowest BCUT2D eigenvalue weighted by atomic mass is 9.92. The van der Waals surface area contributed by atoms with Crippen LogP contribution >= 0.6 is 11.3 Å². The average molecular weight is 279 g/mol. The number of nitrogens with zero attached hydrogens (tertiary/aromatic N) is 1. The first-order chi connectivity index (χ1) is 9.29. The second kappa shape index (κ2) is 7.81. The molecule has 1 aliphatic heterocycles. The fourth-order valence-corrected chi connectivity index (χ4v) is 3.62. The number of thiophene rings is 1. The Morgan fingerprint density at radius 3 is 2.84 bits per heavy atom. The number of rotatable bonds is 7. The van der Waals surface area contributed by atoms with Gasteiger partial charge in [0.05, 0.1) is 4.88 Å². The highest BCUT2D eigenvalue weighted by atomic mass is 32.1. The Labute approximate surface area is 120 Å². The van der Waals surface area contributed by atoms with Gasteiger partial charge < -0.3 is 4.90 Å². The third-order valence-electron chi connectivity index (χ3n) is 4.08. The van der Waals surface area contributed by atoms with Crippen LogP contribution in [0, 0.1) is 5.92 Å². The summed E-state index contributed by atoms with van der Waals surface area (Å²) < 4.78 is 0. The maximum Gasteiger partial charge on any atom is 0.172 e. The molecule has 0 unspecified atom stereocenters. The van der Waals surface area contributed by atoms with Crippen LogP contribution in [0.1, 0.15) is 55.1 Å². The number of Topliss-reactive ketones (excluding diaryl/α,β-unsaturated/α-hetero) is 1. The molecule has 0 bridgehead atoms. The molecule has 1 aliphatic rings. The summed E-state index contributed by atoms with van der Waals surface area (Å²) in [5.74, 6) is 1.27. The van der Waals surface area contributed by atoms with Crippen molar-refractivity contribution in [3.05, 3.63) is 22.4 Å². The standard InChI is InChI=1S/C16H25NOS/c1-2-5-14-8-11-17(12-9-14)10-3-6-15(18)16-7-4-13-19-16/h4,7,13-14H,2-3,5-6,8-12H2,1H3. The van der Waals surface area contributed by atoms with Crippen molar-refractivity contribution in [3.8, 4) is 0 Å². The van der Waals surface area contributed by atoms with E-state index in [0.717, 1.165) is 23.8 Å². The molecule has 0 aliphatic carbocycles. The maximum atomic E-state index is 11.9. The van der Waals surface area contributed by atoms with Gasteiger partial charge in [0.1, 0.15) is 0 Å². The summed E-state index contributed by atoms with van der Waals surface area (Å²) in [5, 5.41) is 1.98. The molecule has 0 aromatic carbocycles. The predicted molar refractivity (Wildman–Crippen MR) is 82.0 cm³/mol. The molecule has 0 radical (unpaired) electrons. The molecule has 3 heteroatoms. The van der Waals surface area contributed by atoms with Crippen LogP contribution in [0.4, 0.5) is 0 Å². The van der Waals surface area contributed by atoms with Crippen molar-refractivity contribution >= 4 is 17.1 Å². The predicted octanol–water partition coefficient (Wildman–Crippen LogP) is 4.22. The first kappa shape index (κ1) is 14.7. The van der Waals surface area contributed by atoms with Gasteiger partial charge in [-0.15, -0.1) is 11.3 Å². The van der Waals surface area contributed by atoms with Crippen LogP contribution < -0.4 is 0 Å². The van der Waals surface area contributed by atoms with Gasteiger partial charge in [-0.2, -0.15) is 0 Å². The minimum Gasteiger partial charge on any atom is -0.303 e. The largest absolute Gasteiger partial charge is 0.303 e. The highest BCUT2D eigenvalue weighted by molar-refractivity contribution is 7.12. The number of carbonyl (C=O) groups is 1. The van der Waals surface area contributed by atoms with E-state index < -0.39 is 0 Å². The van der Waals surface area contributed by atoms with Gasteiger partial charge in [-0.05, 0) is 56.3 Å². The van der Waals surface area contributed by atoms with Crippen LogP contribution in [0.25, 0.3) is 0 Å². The van der Waals surface area contributed by atoms with Crippen LogP contribution in [0.5, 0.6) is 0 Å². The molecule has 0 amide bonds. The first-order valence-electron chi connectivity index (χ1n) is 7.58. The molecular formula is C16H25NOS. The highest BCUT2D eigenvalue weighted by Gasteiger charge is 2.18. The third kappa shape index (κ3) is 4.73. The van der Waals surface area contributed by atoms with E-state index in [1.165, 1.54) is 38.8 Å². The van der Waals surface area contributed by atoms with E-state index in [-0.39, 0.29) is 0 Å². The number of carbonyl (C=O) groups excluding carboxylic acids is 1. The summed E-state index contributed by atoms with van der Waals surface area (Å²) in [6.07, 6.45) is 7.13. The minimum atomic E-state index is 0.316. The summed E-state index contributed by atoms with van der Waals surface area (Å²) >= 11 is 1.56. The molecule has 19 heavy (non-hydrogen) atoms. The van der Waals surface area contributed by atoms with Gasteiger partial charge in [0.2, 0.25) is 0 Å². The Balaban J connectivity index is 1.61. The lowest BCUT2D eigenvalue weighted by Gasteiger charge is -2.31. The molecule has 2 heterocycles. The molecular weight excluding hydrogens is 254 g/mol.